The fourth-order valence-electron chi connectivity index (χ4n) is 3.18. The largest absolute Gasteiger partial charge is 0.343 e. The van der Waals surface area contributed by atoms with Gasteiger partial charge in [0.25, 0.3) is 0 Å². The van der Waals surface area contributed by atoms with Crippen LogP contribution in [0.15, 0.2) is 18.2 Å². The monoisotopic (exact) mass is 320 g/mol. The summed E-state index contributed by atoms with van der Waals surface area (Å²) in [6.45, 7) is 17.9. The molecule has 0 bridgehead atoms. The van der Waals surface area contributed by atoms with Gasteiger partial charge in [-0.25, -0.2) is 0 Å². The van der Waals surface area contributed by atoms with E-state index < -0.39 is 8.07 Å². The molecule has 0 radical (unpaired) electrons. The van der Waals surface area contributed by atoms with Crippen LogP contribution in [-0.2, 0) is 15.1 Å². The first-order chi connectivity index (χ1) is 10.0. The van der Waals surface area contributed by atoms with Crippen LogP contribution in [-0.4, -0.2) is 13.7 Å². The van der Waals surface area contributed by atoms with Crippen molar-refractivity contribution in [1.82, 2.24) is 0 Å². The lowest BCUT2D eigenvalue weighted by molar-refractivity contribution is -0.239. The van der Waals surface area contributed by atoms with Gasteiger partial charge in [0, 0.05) is 5.56 Å². The molecule has 3 heteroatoms. The third-order valence-corrected chi connectivity index (χ3v) is 6.64. The molecule has 0 saturated carbocycles. The van der Waals surface area contributed by atoms with Crippen LogP contribution in [0.5, 0.6) is 0 Å². The number of fused-ring (bicyclic) bond motifs is 1. The van der Waals surface area contributed by atoms with Crippen LogP contribution in [0, 0.1) is 0 Å². The van der Waals surface area contributed by atoms with Crippen LogP contribution >= 0.6 is 0 Å². The van der Waals surface area contributed by atoms with Crippen molar-refractivity contribution < 1.29 is 9.47 Å². The number of ether oxygens (including phenoxy) is 2. The fourth-order valence-corrected chi connectivity index (χ4v) is 4.35. The van der Waals surface area contributed by atoms with E-state index in [2.05, 4.69) is 72.5 Å². The Hall–Kier alpha value is -0.643. The average Bonchev–Trinajstić information content (AvgIpc) is 2.70. The molecule has 1 aromatic carbocycles. The minimum atomic E-state index is -1.34. The van der Waals surface area contributed by atoms with Crippen molar-refractivity contribution in [1.29, 1.82) is 0 Å². The highest BCUT2D eigenvalue weighted by molar-refractivity contribution is 6.88. The topological polar surface area (TPSA) is 18.5 Å². The van der Waals surface area contributed by atoms with Crippen molar-refractivity contribution in [2.24, 2.45) is 0 Å². The summed E-state index contributed by atoms with van der Waals surface area (Å²) >= 11 is 0. The minimum Gasteiger partial charge on any atom is -0.343 e. The lowest BCUT2D eigenvalue weighted by atomic mass is 9.87. The summed E-state index contributed by atoms with van der Waals surface area (Å²) in [5, 5.41) is 1.47. The highest BCUT2D eigenvalue weighted by Gasteiger charge is 2.44. The summed E-state index contributed by atoms with van der Waals surface area (Å²) in [4.78, 5) is 0. The van der Waals surface area contributed by atoms with Gasteiger partial charge in [-0.3, -0.25) is 0 Å². The molecular weight excluding hydrogens is 288 g/mol. The SMILES string of the molecule is CCC1(CC)OC(OC(C)(C)C)c2cc([Si](C)(C)C)ccc21. The quantitative estimate of drug-likeness (QED) is 0.719. The van der Waals surface area contributed by atoms with E-state index in [4.69, 9.17) is 9.47 Å². The number of benzene rings is 1. The third kappa shape index (κ3) is 3.32. The van der Waals surface area contributed by atoms with Gasteiger partial charge in [-0.05, 0) is 39.2 Å². The number of rotatable bonds is 4. The van der Waals surface area contributed by atoms with E-state index in [0.29, 0.717) is 0 Å². The molecule has 0 N–H and O–H groups in total. The molecule has 2 nitrogen and oxygen atoms in total. The molecule has 22 heavy (non-hydrogen) atoms. The van der Waals surface area contributed by atoms with Crippen LogP contribution in [0.3, 0.4) is 0 Å². The van der Waals surface area contributed by atoms with Gasteiger partial charge in [-0.1, -0.05) is 56.9 Å². The maximum atomic E-state index is 6.45. The van der Waals surface area contributed by atoms with Crippen molar-refractivity contribution in [3.8, 4) is 0 Å². The van der Waals surface area contributed by atoms with Gasteiger partial charge in [0.1, 0.15) is 0 Å². The molecule has 0 aromatic heterocycles. The van der Waals surface area contributed by atoms with Gasteiger partial charge in [-0.15, -0.1) is 0 Å². The predicted octanol–water partition coefficient (Wildman–Crippen LogP) is 5.09. The Bertz CT molecular complexity index is 533. The van der Waals surface area contributed by atoms with Gasteiger partial charge >= 0.3 is 0 Å². The van der Waals surface area contributed by atoms with E-state index in [9.17, 15) is 0 Å². The summed E-state index contributed by atoms with van der Waals surface area (Å²) in [5.74, 6) is 0. The Labute approximate surface area is 137 Å². The van der Waals surface area contributed by atoms with Gasteiger partial charge in [0.2, 0.25) is 0 Å². The van der Waals surface area contributed by atoms with Crippen molar-refractivity contribution in [3.63, 3.8) is 0 Å². The van der Waals surface area contributed by atoms with E-state index in [1.807, 2.05) is 0 Å². The van der Waals surface area contributed by atoms with E-state index in [1.54, 1.807) is 0 Å². The summed E-state index contributed by atoms with van der Waals surface area (Å²) in [6, 6.07) is 6.96. The summed E-state index contributed by atoms with van der Waals surface area (Å²) in [7, 11) is -1.34. The first kappa shape index (κ1) is 17.7. The van der Waals surface area contributed by atoms with Crippen LogP contribution < -0.4 is 5.19 Å². The zero-order valence-electron chi connectivity index (χ0n) is 15.5. The molecule has 1 heterocycles. The maximum absolute atomic E-state index is 6.45. The Morgan fingerprint density at radius 3 is 2.18 bits per heavy atom. The van der Waals surface area contributed by atoms with Crippen molar-refractivity contribution in [3.05, 3.63) is 29.3 Å². The molecule has 0 aliphatic carbocycles. The fraction of sp³-hybridized carbons (Fsp3) is 0.684. The zero-order valence-corrected chi connectivity index (χ0v) is 16.5. The third-order valence-electron chi connectivity index (χ3n) is 4.60. The minimum absolute atomic E-state index is 0.191. The molecule has 0 spiro atoms. The van der Waals surface area contributed by atoms with Crippen LogP contribution in [0.1, 0.15) is 64.9 Å². The van der Waals surface area contributed by atoms with E-state index >= 15 is 0 Å². The second-order valence-corrected chi connectivity index (χ2v) is 13.5. The standard InChI is InChI=1S/C19H32O2Si/c1-9-19(10-2)16-12-11-14(22(6,7)8)13-15(16)17(21-19)20-18(3,4)5/h11-13,17H,9-10H2,1-8H3. The Kier molecular flexibility index (Phi) is 4.64. The summed E-state index contributed by atoms with van der Waals surface area (Å²) in [6.07, 6.45) is 1.71. The van der Waals surface area contributed by atoms with E-state index in [-0.39, 0.29) is 17.5 Å². The highest BCUT2D eigenvalue weighted by atomic mass is 28.3. The summed E-state index contributed by atoms with van der Waals surface area (Å²) in [5.41, 5.74) is 2.17. The highest BCUT2D eigenvalue weighted by Crippen LogP contribution is 2.48. The van der Waals surface area contributed by atoms with Crippen molar-refractivity contribution in [2.45, 2.75) is 84.6 Å². The summed E-state index contributed by atoms with van der Waals surface area (Å²) < 4.78 is 12.7. The molecule has 0 amide bonds. The molecule has 0 saturated heterocycles. The molecule has 1 aliphatic rings. The average molecular weight is 321 g/mol. The van der Waals surface area contributed by atoms with Gasteiger partial charge in [0.05, 0.1) is 19.3 Å². The van der Waals surface area contributed by atoms with Crippen molar-refractivity contribution >= 4 is 13.3 Å². The maximum Gasteiger partial charge on any atom is 0.185 e. The molecule has 1 aromatic rings. The van der Waals surface area contributed by atoms with Crippen LogP contribution in [0.25, 0.3) is 0 Å². The molecule has 1 atom stereocenters. The van der Waals surface area contributed by atoms with E-state index in [1.165, 1.54) is 16.3 Å². The molecule has 0 fully saturated rings. The first-order valence-corrected chi connectivity index (χ1v) is 12.0. The molecule has 2 rings (SSSR count). The normalized spacial score (nSPS) is 21.0. The Morgan fingerprint density at radius 1 is 1.14 bits per heavy atom. The molecule has 124 valence electrons. The number of hydrogen-bond donors (Lipinski definition) is 0. The first-order valence-electron chi connectivity index (χ1n) is 8.53. The van der Waals surface area contributed by atoms with Crippen LogP contribution in [0.4, 0.5) is 0 Å². The number of hydrogen-bond acceptors (Lipinski definition) is 2. The second-order valence-electron chi connectivity index (χ2n) is 8.43. The van der Waals surface area contributed by atoms with Crippen molar-refractivity contribution in [2.75, 3.05) is 0 Å². The predicted molar refractivity (Wildman–Crippen MR) is 96.3 cm³/mol. The zero-order chi connectivity index (χ0) is 16.8. The smallest absolute Gasteiger partial charge is 0.185 e. The lowest BCUT2D eigenvalue weighted by Crippen LogP contribution is -2.38. The Balaban J connectivity index is 2.52. The molecular formula is C19H32O2Si. The van der Waals surface area contributed by atoms with Gasteiger partial charge < -0.3 is 9.47 Å². The van der Waals surface area contributed by atoms with E-state index in [0.717, 1.165) is 12.8 Å². The van der Waals surface area contributed by atoms with Crippen LogP contribution in [0.2, 0.25) is 19.6 Å². The molecule has 1 unspecified atom stereocenters. The Morgan fingerprint density at radius 2 is 1.73 bits per heavy atom. The second kappa shape index (κ2) is 5.77. The van der Waals surface area contributed by atoms with Gasteiger partial charge in [-0.2, -0.15) is 0 Å². The van der Waals surface area contributed by atoms with Gasteiger partial charge in [0.15, 0.2) is 6.29 Å². The lowest BCUT2D eigenvalue weighted by Gasteiger charge is -2.30. The molecule has 1 aliphatic heterocycles.